The van der Waals surface area contributed by atoms with Crippen molar-refractivity contribution in [2.24, 2.45) is 0 Å². The Morgan fingerprint density at radius 2 is 2.14 bits per heavy atom. The number of rotatable bonds is 3. The van der Waals surface area contributed by atoms with Crippen LogP contribution in [0.25, 0.3) is 0 Å². The molecule has 0 aromatic heterocycles. The molecule has 1 aliphatic rings. The monoisotopic (exact) mass is 316 g/mol. The van der Waals surface area contributed by atoms with Gasteiger partial charge < -0.3 is 15.4 Å². The normalized spacial score (nSPS) is 18.0. The molecule has 0 bridgehead atoms. The smallest absolute Gasteiger partial charge is 0.471 e. The van der Waals surface area contributed by atoms with Crippen LogP contribution in [-0.4, -0.2) is 30.6 Å². The van der Waals surface area contributed by atoms with E-state index in [-0.39, 0.29) is 6.54 Å². The molecule has 22 heavy (non-hydrogen) atoms. The number of benzene rings is 1. The van der Waals surface area contributed by atoms with E-state index in [1.54, 1.807) is 12.1 Å². The average Bonchev–Trinajstić information content (AvgIpc) is 2.45. The van der Waals surface area contributed by atoms with Gasteiger partial charge in [-0.15, -0.1) is 0 Å². The van der Waals surface area contributed by atoms with Crippen LogP contribution in [0.5, 0.6) is 5.75 Å². The Balaban J connectivity index is 2.45. The number of hydrogen-bond acceptors (Lipinski definition) is 3. The SMILES string of the molecule is CCCC1c2cc(OC)c(N)cc2CCN1C(=O)C(F)(F)F. The van der Waals surface area contributed by atoms with Crippen molar-refractivity contribution in [2.75, 3.05) is 19.4 Å². The first-order valence-corrected chi connectivity index (χ1v) is 7.13. The first-order chi connectivity index (χ1) is 10.3. The molecule has 122 valence electrons. The molecule has 1 heterocycles. The van der Waals surface area contributed by atoms with Gasteiger partial charge in [-0.3, -0.25) is 4.79 Å². The average molecular weight is 316 g/mol. The zero-order chi connectivity index (χ0) is 16.5. The topological polar surface area (TPSA) is 55.6 Å². The van der Waals surface area contributed by atoms with Crippen LogP contribution in [-0.2, 0) is 11.2 Å². The molecular weight excluding hydrogens is 297 g/mol. The van der Waals surface area contributed by atoms with Crippen LogP contribution in [0.15, 0.2) is 12.1 Å². The summed E-state index contributed by atoms with van der Waals surface area (Å²) in [6.07, 6.45) is -3.38. The highest BCUT2D eigenvalue weighted by atomic mass is 19.4. The Morgan fingerprint density at radius 1 is 1.45 bits per heavy atom. The molecule has 1 aliphatic heterocycles. The third kappa shape index (κ3) is 2.98. The molecule has 0 aliphatic carbocycles. The van der Waals surface area contributed by atoms with Gasteiger partial charge in [-0.2, -0.15) is 13.2 Å². The van der Waals surface area contributed by atoms with E-state index in [9.17, 15) is 18.0 Å². The van der Waals surface area contributed by atoms with Crippen molar-refractivity contribution in [3.05, 3.63) is 23.3 Å². The fraction of sp³-hybridized carbons (Fsp3) is 0.533. The molecule has 1 unspecified atom stereocenters. The van der Waals surface area contributed by atoms with Gasteiger partial charge in [0, 0.05) is 6.54 Å². The van der Waals surface area contributed by atoms with Crippen LogP contribution < -0.4 is 10.5 Å². The highest BCUT2D eigenvalue weighted by molar-refractivity contribution is 5.82. The molecule has 0 saturated carbocycles. The second-order valence-electron chi connectivity index (χ2n) is 5.34. The van der Waals surface area contributed by atoms with Crippen LogP contribution in [0.2, 0.25) is 0 Å². The van der Waals surface area contributed by atoms with E-state index in [2.05, 4.69) is 0 Å². The van der Waals surface area contributed by atoms with Gasteiger partial charge >= 0.3 is 12.1 Å². The van der Waals surface area contributed by atoms with Crippen LogP contribution in [0.3, 0.4) is 0 Å². The van der Waals surface area contributed by atoms with Gasteiger partial charge in [0.2, 0.25) is 0 Å². The minimum Gasteiger partial charge on any atom is -0.495 e. The van der Waals surface area contributed by atoms with E-state index in [0.29, 0.717) is 36.3 Å². The molecule has 0 radical (unpaired) electrons. The van der Waals surface area contributed by atoms with E-state index >= 15 is 0 Å². The van der Waals surface area contributed by atoms with Gasteiger partial charge in [-0.1, -0.05) is 13.3 Å². The number of ether oxygens (including phenoxy) is 1. The molecule has 1 atom stereocenters. The van der Waals surface area contributed by atoms with Crippen LogP contribution in [0, 0.1) is 0 Å². The van der Waals surface area contributed by atoms with Crippen LogP contribution >= 0.6 is 0 Å². The Labute approximate surface area is 127 Å². The lowest BCUT2D eigenvalue weighted by Gasteiger charge is -2.38. The predicted octanol–water partition coefficient (Wildman–Crippen LogP) is 3.07. The van der Waals surface area contributed by atoms with Crippen molar-refractivity contribution < 1.29 is 22.7 Å². The van der Waals surface area contributed by atoms with Crippen molar-refractivity contribution in [3.63, 3.8) is 0 Å². The van der Waals surface area contributed by atoms with Gasteiger partial charge in [0.05, 0.1) is 18.8 Å². The number of amides is 1. The lowest BCUT2D eigenvalue weighted by atomic mass is 9.89. The molecule has 2 N–H and O–H groups in total. The summed E-state index contributed by atoms with van der Waals surface area (Å²) in [5.41, 5.74) is 7.87. The highest BCUT2D eigenvalue weighted by Crippen LogP contribution is 2.39. The Hall–Kier alpha value is -1.92. The number of carbonyl (C=O) groups excluding carboxylic acids is 1. The minimum atomic E-state index is -4.86. The molecule has 1 amide bonds. The Kier molecular flexibility index (Phi) is 4.53. The molecule has 7 heteroatoms. The number of nitrogens with two attached hydrogens (primary N) is 1. The van der Waals surface area contributed by atoms with Gasteiger partial charge in [0.25, 0.3) is 0 Å². The van der Waals surface area contributed by atoms with Crippen molar-refractivity contribution in [1.29, 1.82) is 0 Å². The molecule has 1 aromatic rings. The molecule has 4 nitrogen and oxygen atoms in total. The summed E-state index contributed by atoms with van der Waals surface area (Å²) in [4.78, 5) is 12.6. The number of nitrogen functional groups attached to an aromatic ring is 1. The summed E-state index contributed by atoms with van der Waals surface area (Å²) in [5, 5.41) is 0. The quantitative estimate of drug-likeness (QED) is 0.872. The van der Waals surface area contributed by atoms with Crippen molar-refractivity contribution in [2.45, 2.75) is 38.4 Å². The third-order valence-corrected chi connectivity index (χ3v) is 3.91. The first-order valence-electron chi connectivity index (χ1n) is 7.13. The molecular formula is C15H19F3N2O2. The van der Waals surface area contributed by atoms with Crippen molar-refractivity contribution >= 4 is 11.6 Å². The third-order valence-electron chi connectivity index (χ3n) is 3.91. The number of halogens is 3. The molecule has 1 aromatic carbocycles. The van der Waals surface area contributed by atoms with E-state index in [4.69, 9.17) is 10.5 Å². The zero-order valence-electron chi connectivity index (χ0n) is 12.5. The number of alkyl halides is 3. The Bertz CT molecular complexity index is 573. The summed E-state index contributed by atoms with van der Waals surface area (Å²) in [7, 11) is 1.45. The van der Waals surface area contributed by atoms with E-state index in [1.807, 2.05) is 6.92 Å². The fourth-order valence-corrected chi connectivity index (χ4v) is 2.92. The minimum absolute atomic E-state index is 0.0434. The highest BCUT2D eigenvalue weighted by Gasteiger charge is 2.46. The maximum Gasteiger partial charge on any atom is 0.471 e. The van der Waals surface area contributed by atoms with Crippen LogP contribution in [0.4, 0.5) is 18.9 Å². The first kappa shape index (κ1) is 16.5. The fourth-order valence-electron chi connectivity index (χ4n) is 2.92. The number of fused-ring (bicyclic) bond motifs is 1. The van der Waals surface area contributed by atoms with Crippen molar-refractivity contribution in [1.82, 2.24) is 4.90 Å². The summed E-state index contributed by atoms with van der Waals surface area (Å²) in [6.45, 7) is 1.92. The summed E-state index contributed by atoms with van der Waals surface area (Å²) in [6, 6.07) is 2.78. The predicted molar refractivity (Wildman–Crippen MR) is 76.5 cm³/mol. The number of methoxy groups -OCH3 is 1. The van der Waals surface area contributed by atoms with E-state index in [1.165, 1.54) is 7.11 Å². The maximum atomic E-state index is 12.8. The standard InChI is InChI=1S/C15H19F3N2O2/c1-3-4-12-10-8-13(22-2)11(19)7-9(10)5-6-20(12)14(21)15(16,17)18/h7-8,12H,3-6,19H2,1-2H3. The van der Waals surface area contributed by atoms with Gasteiger partial charge in [-0.05, 0) is 36.1 Å². The lowest BCUT2D eigenvalue weighted by molar-refractivity contribution is -0.188. The molecule has 0 fully saturated rings. The van der Waals surface area contributed by atoms with Gasteiger partial charge in [-0.25, -0.2) is 0 Å². The number of carbonyl (C=O) groups is 1. The number of hydrogen-bond donors (Lipinski definition) is 1. The maximum absolute atomic E-state index is 12.8. The number of nitrogens with zero attached hydrogens (tertiary/aromatic N) is 1. The molecule has 2 rings (SSSR count). The summed E-state index contributed by atoms with van der Waals surface area (Å²) in [5.74, 6) is -1.37. The summed E-state index contributed by atoms with van der Waals surface area (Å²) >= 11 is 0. The second kappa shape index (κ2) is 6.06. The lowest BCUT2D eigenvalue weighted by Crippen LogP contribution is -2.46. The zero-order valence-corrected chi connectivity index (χ0v) is 12.5. The van der Waals surface area contributed by atoms with Crippen LogP contribution in [0.1, 0.15) is 36.9 Å². The number of anilines is 1. The molecule has 0 saturated heterocycles. The Morgan fingerprint density at radius 3 is 2.68 bits per heavy atom. The van der Waals surface area contributed by atoms with Gasteiger partial charge in [0.1, 0.15) is 5.75 Å². The van der Waals surface area contributed by atoms with Crippen molar-refractivity contribution in [3.8, 4) is 5.75 Å². The van der Waals surface area contributed by atoms with E-state index in [0.717, 1.165) is 10.5 Å². The second-order valence-corrected chi connectivity index (χ2v) is 5.34. The van der Waals surface area contributed by atoms with E-state index < -0.39 is 18.1 Å². The molecule has 0 spiro atoms. The largest absolute Gasteiger partial charge is 0.495 e. The van der Waals surface area contributed by atoms with Gasteiger partial charge in [0.15, 0.2) is 0 Å². The summed E-state index contributed by atoms with van der Waals surface area (Å²) < 4.78 is 43.5.